The monoisotopic (exact) mass is 361 g/mol. The van der Waals surface area contributed by atoms with E-state index in [2.05, 4.69) is 18.9 Å². The van der Waals surface area contributed by atoms with Crippen LogP contribution in [0.5, 0.6) is 5.75 Å². The Hall–Kier alpha value is -2.01. The Bertz CT molecular complexity index is 755. The van der Waals surface area contributed by atoms with Crippen molar-refractivity contribution in [3.63, 3.8) is 0 Å². The molecule has 0 bridgehead atoms. The average Bonchev–Trinajstić information content (AvgIpc) is 3.23. The van der Waals surface area contributed by atoms with Crippen molar-refractivity contribution in [1.82, 2.24) is 9.78 Å². The van der Waals surface area contributed by atoms with E-state index in [4.69, 9.17) is 16.3 Å². The summed E-state index contributed by atoms with van der Waals surface area (Å²) in [7, 11) is 1.57. The van der Waals surface area contributed by atoms with E-state index < -0.39 is 0 Å². The van der Waals surface area contributed by atoms with Crippen LogP contribution >= 0.6 is 11.6 Å². The van der Waals surface area contributed by atoms with Crippen LogP contribution in [-0.2, 0) is 4.79 Å². The van der Waals surface area contributed by atoms with Crippen LogP contribution in [0.15, 0.2) is 30.5 Å². The fourth-order valence-electron chi connectivity index (χ4n) is 3.43. The SMILES string of the molecule is CCC(CC)c1ccn(C2CCN(c3ccc(Cl)c(OC)c3)C2=O)n1. The molecule has 1 unspecified atom stereocenters. The molecule has 134 valence electrons. The number of halogens is 1. The van der Waals surface area contributed by atoms with Gasteiger partial charge in [-0.2, -0.15) is 5.10 Å². The minimum atomic E-state index is -0.246. The molecule has 1 aliphatic heterocycles. The van der Waals surface area contributed by atoms with Crippen LogP contribution in [0.2, 0.25) is 5.02 Å². The maximum absolute atomic E-state index is 12.9. The molecule has 25 heavy (non-hydrogen) atoms. The molecule has 0 spiro atoms. The summed E-state index contributed by atoms with van der Waals surface area (Å²) in [6.07, 6.45) is 4.79. The van der Waals surface area contributed by atoms with Gasteiger partial charge in [-0.3, -0.25) is 9.48 Å². The second-order valence-electron chi connectivity index (χ2n) is 6.35. The lowest BCUT2D eigenvalue weighted by molar-refractivity contribution is -0.120. The molecule has 1 aromatic heterocycles. The number of hydrogen-bond donors (Lipinski definition) is 0. The molecule has 1 fully saturated rings. The summed E-state index contributed by atoms with van der Waals surface area (Å²) in [4.78, 5) is 14.7. The number of amides is 1. The summed E-state index contributed by atoms with van der Waals surface area (Å²) in [5.41, 5.74) is 1.88. The molecule has 1 aliphatic rings. The van der Waals surface area contributed by atoms with E-state index >= 15 is 0 Å². The van der Waals surface area contributed by atoms with Crippen molar-refractivity contribution in [3.05, 3.63) is 41.2 Å². The number of nitrogens with zero attached hydrogens (tertiary/aromatic N) is 3. The normalized spacial score (nSPS) is 17.6. The Morgan fingerprint density at radius 3 is 2.76 bits per heavy atom. The molecular formula is C19H24ClN3O2. The quantitative estimate of drug-likeness (QED) is 0.764. The van der Waals surface area contributed by atoms with Gasteiger partial charge in [0.25, 0.3) is 5.91 Å². The van der Waals surface area contributed by atoms with Crippen molar-refractivity contribution >= 4 is 23.2 Å². The van der Waals surface area contributed by atoms with Crippen molar-refractivity contribution in [2.24, 2.45) is 0 Å². The lowest BCUT2D eigenvalue weighted by Crippen LogP contribution is -2.28. The molecule has 2 aromatic rings. The standard InChI is InChI=1S/C19H24ClN3O2/c1-4-13(5-2)16-8-11-23(21-16)17-9-10-22(19(17)24)14-6-7-15(20)18(12-14)25-3/h6-8,11-13,17H,4-5,9-10H2,1-3H3. The van der Waals surface area contributed by atoms with E-state index in [-0.39, 0.29) is 11.9 Å². The van der Waals surface area contributed by atoms with Crippen molar-refractivity contribution in [3.8, 4) is 5.75 Å². The molecule has 0 saturated carbocycles. The predicted octanol–water partition coefficient (Wildman–Crippen LogP) is 4.43. The average molecular weight is 362 g/mol. The lowest BCUT2D eigenvalue weighted by atomic mass is 10.0. The van der Waals surface area contributed by atoms with Crippen LogP contribution in [0, 0.1) is 0 Å². The van der Waals surface area contributed by atoms with Crippen molar-refractivity contribution < 1.29 is 9.53 Å². The van der Waals surface area contributed by atoms with Crippen LogP contribution < -0.4 is 9.64 Å². The smallest absolute Gasteiger partial charge is 0.251 e. The summed E-state index contributed by atoms with van der Waals surface area (Å²) >= 11 is 6.08. The summed E-state index contributed by atoms with van der Waals surface area (Å²) in [6, 6.07) is 7.21. The first-order valence-corrected chi connectivity index (χ1v) is 9.16. The Morgan fingerprint density at radius 1 is 1.32 bits per heavy atom. The van der Waals surface area contributed by atoms with Crippen LogP contribution in [0.25, 0.3) is 0 Å². The fraction of sp³-hybridized carbons (Fsp3) is 0.474. The van der Waals surface area contributed by atoms with Gasteiger partial charge in [-0.25, -0.2) is 0 Å². The van der Waals surface area contributed by atoms with Gasteiger partial charge in [-0.15, -0.1) is 0 Å². The zero-order valence-corrected chi connectivity index (χ0v) is 15.7. The Balaban J connectivity index is 1.80. The third-order valence-electron chi connectivity index (χ3n) is 4.98. The summed E-state index contributed by atoms with van der Waals surface area (Å²) in [5.74, 6) is 1.09. The number of ether oxygens (including phenoxy) is 1. The maximum Gasteiger partial charge on any atom is 0.251 e. The highest BCUT2D eigenvalue weighted by Crippen LogP contribution is 2.34. The molecule has 1 atom stereocenters. The van der Waals surface area contributed by atoms with Crippen LogP contribution in [0.3, 0.4) is 0 Å². The summed E-state index contributed by atoms with van der Waals surface area (Å²) in [6.45, 7) is 5.00. The summed E-state index contributed by atoms with van der Waals surface area (Å²) < 4.78 is 7.08. The first kappa shape index (κ1) is 17.8. The zero-order chi connectivity index (χ0) is 18.0. The number of methoxy groups -OCH3 is 1. The molecule has 1 amide bonds. The van der Waals surface area contributed by atoms with Gasteiger partial charge < -0.3 is 9.64 Å². The van der Waals surface area contributed by atoms with Gasteiger partial charge in [0.2, 0.25) is 0 Å². The van der Waals surface area contributed by atoms with Gasteiger partial charge in [-0.1, -0.05) is 25.4 Å². The largest absolute Gasteiger partial charge is 0.495 e. The second kappa shape index (κ2) is 7.48. The number of rotatable bonds is 6. The van der Waals surface area contributed by atoms with Crippen LogP contribution in [0.1, 0.15) is 50.8 Å². The van der Waals surface area contributed by atoms with Gasteiger partial charge in [0.1, 0.15) is 11.8 Å². The molecular weight excluding hydrogens is 338 g/mol. The molecule has 6 heteroatoms. The van der Waals surface area contributed by atoms with Gasteiger partial charge in [0.05, 0.1) is 17.8 Å². The predicted molar refractivity (Wildman–Crippen MR) is 99.6 cm³/mol. The molecule has 0 radical (unpaired) electrons. The van der Waals surface area contributed by atoms with E-state index in [0.717, 1.165) is 30.6 Å². The molecule has 0 N–H and O–H groups in total. The van der Waals surface area contributed by atoms with Crippen LogP contribution in [0.4, 0.5) is 5.69 Å². The van der Waals surface area contributed by atoms with Crippen molar-refractivity contribution in [2.45, 2.75) is 45.1 Å². The Kier molecular flexibility index (Phi) is 5.33. The van der Waals surface area contributed by atoms with E-state index in [9.17, 15) is 4.79 Å². The zero-order valence-electron chi connectivity index (χ0n) is 14.9. The second-order valence-corrected chi connectivity index (χ2v) is 6.75. The highest BCUT2D eigenvalue weighted by molar-refractivity contribution is 6.32. The number of carbonyl (C=O) groups is 1. The number of benzene rings is 1. The number of carbonyl (C=O) groups excluding carboxylic acids is 1. The van der Waals surface area contributed by atoms with Gasteiger partial charge in [0, 0.05) is 30.4 Å². The topological polar surface area (TPSA) is 47.4 Å². The first-order valence-electron chi connectivity index (χ1n) is 8.79. The Morgan fingerprint density at radius 2 is 2.08 bits per heavy atom. The number of anilines is 1. The number of aromatic nitrogens is 2. The van der Waals surface area contributed by atoms with E-state index in [1.54, 1.807) is 24.1 Å². The van der Waals surface area contributed by atoms with E-state index in [1.165, 1.54) is 0 Å². The van der Waals surface area contributed by atoms with Gasteiger partial charge in [0.15, 0.2) is 0 Å². The third kappa shape index (κ3) is 3.38. The lowest BCUT2D eigenvalue weighted by Gasteiger charge is -2.18. The molecule has 2 heterocycles. The number of hydrogen-bond acceptors (Lipinski definition) is 3. The minimum absolute atomic E-state index is 0.0589. The highest BCUT2D eigenvalue weighted by Gasteiger charge is 2.35. The molecule has 3 rings (SSSR count). The van der Waals surface area contributed by atoms with Crippen molar-refractivity contribution in [1.29, 1.82) is 0 Å². The van der Waals surface area contributed by atoms with Gasteiger partial charge >= 0.3 is 0 Å². The molecule has 5 nitrogen and oxygen atoms in total. The first-order chi connectivity index (χ1) is 12.1. The molecule has 1 aromatic carbocycles. The molecule has 1 saturated heterocycles. The molecule has 0 aliphatic carbocycles. The fourth-order valence-corrected chi connectivity index (χ4v) is 3.63. The summed E-state index contributed by atoms with van der Waals surface area (Å²) in [5, 5.41) is 5.22. The van der Waals surface area contributed by atoms with Crippen molar-refractivity contribution in [2.75, 3.05) is 18.6 Å². The third-order valence-corrected chi connectivity index (χ3v) is 5.29. The van der Waals surface area contributed by atoms with E-state index in [0.29, 0.717) is 23.2 Å². The van der Waals surface area contributed by atoms with Gasteiger partial charge in [-0.05, 0) is 37.5 Å². The highest BCUT2D eigenvalue weighted by atomic mass is 35.5. The van der Waals surface area contributed by atoms with E-state index in [1.807, 2.05) is 23.0 Å². The van der Waals surface area contributed by atoms with Crippen LogP contribution in [-0.4, -0.2) is 29.3 Å². The Labute approximate surface area is 153 Å². The minimum Gasteiger partial charge on any atom is -0.495 e. The maximum atomic E-state index is 12.9.